The van der Waals surface area contributed by atoms with Crippen LogP contribution in [-0.4, -0.2) is 24.7 Å². The number of hydrogen-bond acceptors (Lipinski definition) is 6. The van der Waals surface area contributed by atoms with Crippen LogP contribution in [0.4, 0.5) is 0 Å². The lowest BCUT2D eigenvalue weighted by molar-refractivity contribution is 0.302. The second-order valence-electron chi connectivity index (χ2n) is 4.08. The molecule has 0 bridgehead atoms. The molecule has 0 atom stereocenters. The van der Waals surface area contributed by atoms with Gasteiger partial charge < -0.3 is 16.2 Å². The van der Waals surface area contributed by atoms with Crippen LogP contribution in [0.25, 0.3) is 0 Å². The Balaban J connectivity index is 1.72. The number of hydrogen-bond donors (Lipinski definition) is 3. The second-order valence-corrected chi connectivity index (χ2v) is 4.52. The van der Waals surface area contributed by atoms with E-state index >= 15 is 0 Å². The maximum absolute atomic E-state index is 5.79. The van der Waals surface area contributed by atoms with Crippen LogP contribution in [0.2, 0.25) is 5.02 Å². The number of aliphatic imine (C=N–C) groups is 2. The molecule has 7 heteroatoms. The van der Waals surface area contributed by atoms with Crippen LogP contribution < -0.4 is 21.5 Å². The van der Waals surface area contributed by atoms with Gasteiger partial charge >= 0.3 is 0 Å². The Labute approximate surface area is 116 Å². The highest BCUT2D eigenvalue weighted by molar-refractivity contribution is 6.30. The third kappa shape index (κ3) is 4.33. The first-order valence-corrected chi connectivity index (χ1v) is 6.33. The van der Waals surface area contributed by atoms with Gasteiger partial charge in [0.05, 0.1) is 6.61 Å². The SMILES string of the molecule is NC1=NC(CCCOc2ccc(Cl)cc2)N=C(N)N1. The molecule has 0 aliphatic carbocycles. The van der Waals surface area contributed by atoms with Crippen molar-refractivity contribution < 1.29 is 4.74 Å². The molecule has 2 rings (SSSR count). The van der Waals surface area contributed by atoms with Gasteiger partial charge in [-0.3, -0.25) is 5.32 Å². The Bertz CT molecular complexity index is 467. The summed E-state index contributed by atoms with van der Waals surface area (Å²) in [4.78, 5) is 8.26. The summed E-state index contributed by atoms with van der Waals surface area (Å²) in [5.41, 5.74) is 11.1. The van der Waals surface area contributed by atoms with Gasteiger partial charge in [-0.1, -0.05) is 11.6 Å². The highest BCUT2D eigenvalue weighted by Crippen LogP contribution is 2.16. The third-order valence-electron chi connectivity index (χ3n) is 2.52. The molecule has 0 saturated heterocycles. The minimum absolute atomic E-state index is 0.227. The average Bonchev–Trinajstić information content (AvgIpc) is 2.36. The molecule has 0 saturated carbocycles. The number of nitrogens with zero attached hydrogens (tertiary/aromatic N) is 2. The molecular weight excluding hydrogens is 266 g/mol. The quantitative estimate of drug-likeness (QED) is 0.703. The topological polar surface area (TPSA) is 98.0 Å². The van der Waals surface area contributed by atoms with E-state index in [-0.39, 0.29) is 6.17 Å². The van der Waals surface area contributed by atoms with Gasteiger partial charge in [-0.25, -0.2) is 9.98 Å². The van der Waals surface area contributed by atoms with Gasteiger partial charge in [0.25, 0.3) is 0 Å². The summed E-state index contributed by atoms with van der Waals surface area (Å²) in [7, 11) is 0. The summed E-state index contributed by atoms with van der Waals surface area (Å²) in [5, 5.41) is 3.33. The first-order chi connectivity index (χ1) is 9.13. The molecule has 5 N–H and O–H groups in total. The van der Waals surface area contributed by atoms with Gasteiger partial charge in [-0.2, -0.15) is 0 Å². The number of halogens is 1. The van der Waals surface area contributed by atoms with Crippen molar-refractivity contribution in [2.24, 2.45) is 21.5 Å². The molecule has 0 fully saturated rings. The fraction of sp³-hybridized carbons (Fsp3) is 0.333. The largest absolute Gasteiger partial charge is 0.494 e. The molecule has 1 heterocycles. The van der Waals surface area contributed by atoms with E-state index < -0.39 is 0 Å². The van der Waals surface area contributed by atoms with Crippen molar-refractivity contribution in [3.05, 3.63) is 29.3 Å². The maximum atomic E-state index is 5.79. The summed E-state index contributed by atoms with van der Waals surface area (Å²) < 4.78 is 5.57. The number of nitrogens with one attached hydrogen (secondary N) is 1. The predicted molar refractivity (Wildman–Crippen MR) is 76.3 cm³/mol. The summed E-state index contributed by atoms with van der Waals surface area (Å²) in [6.45, 7) is 0.580. The van der Waals surface area contributed by atoms with E-state index in [2.05, 4.69) is 15.3 Å². The molecule has 0 radical (unpaired) electrons. The molecule has 6 nitrogen and oxygen atoms in total. The molecule has 0 spiro atoms. The minimum Gasteiger partial charge on any atom is -0.494 e. The Morgan fingerprint density at radius 3 is 2.42 bits per heavy atom. The molecule has 0 unspecified atom stereocenters. The Hall–Kier alpha value is -1.95. The summed E-state index contributed by atoms with van der Waals surface area (Å²) in [5.74, 6) is 1.40. The summed E-state index contributed by atoms with van der Waals surface area (Å²) in [6, 6.07) is 7.25. The number of guanidine groups is 2. The smallest absolute Gasteiger partial charge is 0.197 e. The summed E-state index contributed by atoms with van der Waals surface area (Å²) >= 11 is 5.79. The molecular formula is C12H16ClN5O. The minimum atomic E-state index is -0.227. The molecule has 1 aromatic rings. The van der Waals surface area contributed by atoms with Crippen molar-refractivity contribution in [3.63, 3.8) is 0 Å². The number of nitrogens with two attached hydrogens (primary N) is 2. The molecule has 0 amide bonds. The van der Waals surface area contributed by atoms with Crippen molar-refractivity contribution in [3.8, 4) is 5.75 Å². The van der Waals surface area contributed by atoms with Gasteiger partial charge in [-0.15, -0.1) is 0 Å². The predicted octanol–water partition coefficient (Wildman–Crippen LogP) is 1.06. The second kappa shape index (κ2) is 6.29. The van der Waals surface area contributed by atoms with E-state index in [0.29, 0.717) is 23.5 Å². The lowest BCUT2D eigenvalue weighted by Crippen LogP contribution is -2.45. The highest BCUT2D eigenvalue weighted by Gasteiger charge is 2.12. The Morgan fingerprint density at radius 1 is 1.16 bits per heavy atom. The van der Waals surface area contributed by atoms with Crippen LogP contribution in [0.1, 0.15) is 12.8 Å². The van der Waals surface area contributed by atoms with Gasteiger partial charge in [0.1, 0.15) is 11.9 Å². The van der Waals surface area contributed by atoms with Gasteiger partial charge in [0, 0.05) is 5.02 Å². The molecule has 1 aliphatic heterocycles. The zero-order valence-corrected chi connectivity index (χ0v) is 11.1. The van der Waals surface area contributed by atoms with Crippen LogP contribution in [0.5, 0.6) is 5.75 Å². The molecule has 0 aromatic heterocycles. The zero-order valence-electron chi connectivity index (χ0n) is 10.3. The van der Waals surface area contributed by atoms with E-state index in [9.17, 15) is 0 Å². The van der Waals surface area contributed by atoms with E-state index in [1.165, 1.54) is 0 Å². The van der Waals surface area contributed by atoms with E-state index in [1.54, 1.807) is 12.1 Å². The van der Waals surface area contributed by atoms with Crippen molar-refractivity contribution in [2.75, 3.05) is 6.61 Å². The average molecular weight is 282 g/mol. The highest BCUT2D eigenvalue weighted by atomic mass is 35.5. The Morgan fingerprint density at radius 2 is 1.79 bits per heavy atom. The van der Waals surface area contributed by atoms with Crippen LogP contribution in [0, 0.1) is 0 Å². The third-order valence-corrected chi connectivity index (χ3v) is 2.77. The van der Waals surface area contributed by atoms with Crippen molar-refractivity contribution in [1.82, 2.24) is 5.32 Å². The van der Waals surface area contributed by atoms with Crippen molar-refractivity contribution >= 4 is 23.5 Å². The van der Waals surface area contributed by atoms with Gasteiger partial charge in [-0.05, 0) is 37.1 Å². The van der Waals surface area contributed by atoms with Crippen LogP contribution in [-0.2, 0) is 0 Å². The van der Waals surface area contributed by atoms with Crippen LogP contribution >= 0.6 is 11.6 Å². The van der Waals surface area contributed by atoms with Crippen molar-refractivity contribution in [1.29, 1.82) is 0 Å². The first kappa shape index (κ1) is 13.5. The molecule has 19 heavy (non-hydrogen) atoms. The number of benzene rings is 1. The zero-order chi connectivity index (χ0) is 13.7. The van der Waals surface area contributed by atoms with Gasteiger partial charge in [0.2, 0.25) is 0 Å². The van der Waals surface area contributed by atoms with Crippen molar-refractivity contribution in [2.45, 2.75) is 19.0 Å². The van der Waals surface area contributed by atoms with Crippen LogP contribution in [0.15, 0.2) is 34.3 Å². The van der Waals surface area contributed by atoms with Gasteiger partial charge in [0.15, 0.2) is 11.9 Å². The number of ether oxygens (including phenoxy) is 1. The lowest BCUT2D eigenvalue weighted by Gasteiger charge is -2.16. The fourth-order valence-corrected chi connectivity index (χ4v) is 1.79. The van der Waals surface area contributed by atoms with E-state index in [0.717, 1.165) is 18.6 Å². The summed E-state index contributed by atoms with van der Waals surface area (Å²) in [6.07, 6.45) is 1.31. The normalized spacial score (nSPS) is 15.4. The van der Waals surface area contributed by atoms with E-state index in [1.807, 2.05) is 12.1 Å². The van der Waals surface area contributed by atoms with Crippen LogP contribution in [0.3, 0.4) is 0 Å². The fourth-order valence-electron chi connectivity index (χ4n) is 1.66. The molecule has 1 aliphatic rings. The Kier molecular flexibility index (Phi) is 4.46. The van der Waals surface area contributed by atoms with E-state index in [4.69, 9.17) is 27.8 Å². The standard InChI is InChI=1S/C12H16ClN5O/c13-8-3-5-9(6-4-8)19-7-1-2-10-16-11(14)18-12(15)17-10/h3-6,10H,1-2,7H2,(H5,14,15,16,17,18). The number of rotatable bonds is 5. The lowest BCUT2D eigenvalue weighted by atomic mass is 10.2. The maximum Gasteiger partial charge on any atom is 0.197 e. The first-order valence-electron chi connectivity index (χ1n) is 5.95. The monoisotopic (exact) mass is 281 g/mol. The molecule has 1 aromatic carbocycles. The molecule has 102 valence electrons.